The molecule has 1 aliphatic heterocycles. The third-order valence-corrected chi connectivity index (χ3v) is 4.07. The molecule has 106 valence electrons. The second-order valence-electron chi connectivity index (χ2n) is 5.68. The highest BCUT2D eigenvalue weighted by atomic mass is 16.5. The first-order valence-corrected chi connectivity index (χ1v) is 7.66. The Morgan fingerprint density at radius 1 is 1.37 bits per heavy atom. The molecule has 0 aromatic heterocycles. The van der Waals surface area contributed by atoms with Gasteiger partial charge in [0, 0.05) is 6.61 Å². The fraction of sp³-hybridized carbons (Fsp3) is 0.647. The third-order valence-electron chi connectivity index (χ3n) is 4.07. The lowest BCUT2D eigenvalue weighted by Crippen LogP contribution is -2.27. The smallest absolute Gasteiger partial charge is 0.0579 e. The molecule has 0 aliphatic carbocycles. The van der Waals surface area contributed by atoms with Gasteiger partial charge in [0.1, 0.15) is 0 Å². The summed E-state index contributed by atoms with van der Waals surface area (Å²) < 4.78 is 5.80. The normalized spacial score (nSPS) is 20.6. The molecule has 0 spiro atoms. The molecular formula is C17H27NO. The van der Waals surface area contributed by atoms with Crippen molar-refractivity contribution in [1.29, 1.82) is 0 Å². The predicted molar refractivity (Wildman–Crippen MR) is 80.5 cm³/mol. The molecule has 1 N–H and O–H groups in total. The van der Waals surface area contributed by atoms with Crippen LogP contribution in [0.3, 0.4) is 0 Å². The third kappa shape index (κ3) is 4.63. The Bertz CT molecular complexity index is 371. The van der Waals surface area contributed by atoms with Crippen LogP contribution in [0.5, 0.6) is 0 Å². The summed E-state index contributed by atoms with van der Waals surface area (Å²) in [7, 11) is 0. The zero-order valence-corrected chi connectivity index (χ0v) is 12.3. The van der Waals surface area contributed by atoms with Gasteiger partial charge in [0.15, 0.2) is 0 Å². The van der Waals surface area contributed by atoms with Crippen LogP contribution in [0.25, 0.3) is 0 Å². The molecule has 1 aromatic rings. The van der Waals surface area contributed by atoms with Gasteiger partial charge < -0.3 is 10.1 Å². The van der Waals surface area contributed by atoms with Crippen LogP contribution in [0.2, 0.25) is 0 Å². The van der Waals surface area contributed by atoms with Gasteiger partial charge in [-0.05, 0) is 62.7 Å². The molecule has 1 heterocycles. The lowest BCUT2D eigenvalue weighted by molar-refractivity contribution is 0.0893. The Kier molecular flexibility index (Phi) is 5.87. The molecule has 2 rings (SSSR count). The average Bonchev–Trinajstić information content (AvgIpc) is 2.91. The standard InChI is InChI=1S/C17H27NO/c1-3-18-13-15(12-17-9-6-10-19-17)11-16-8-5-4-7-14(16)2/h4-5,7-8,15,17-18H,3,6,9-13H2,1-2H3. The Labute approximate surface area is 117 Å². The van der Waals surface area contributed by atoms with Gasteiger partial charge in [-0.3, -0.25) is 0 Å². The summed E-state index contributed by atoms with van der Waals surface area (Å²) >= 11 is 0. The number of nitrogens with one attached hydrogen (secondary N) is 1. The first-order chi connectivity index (χ1) is 9.29. The average molecular weight is 261 g/mol. The highest BCUT2D eigenvalue weighted by molar-refractivity contribution is 5.26. The van der Waals surface area contributed by atoms with Crippen molar-refractivity contribution in [3.05, 3.63) is 35.4 Å². The van der Waals surface area contributed by atoms with Crippen LogP contribution in [-0.4, -0.2) is 25.8 Å². The Morgan fingerprint density at radius 3 is 2.89 bits per heavy atom. The minimum Gasteiger partial charge on any atom is -0.378 e. The second-order valence-corrected chi connectivity index (χ2v) is 5.68. The maximum Gasteiger partial charge on any atom is 0.0579 e. The van der Waals surface area contributed by atoms with Gasteiger partial charge in [0.25, 0.3) is 0 Å². The summed E-state index contributed by atoms with van der Waals surface area (Å²) in [6, 6.07) is 8.76. The Morgan fingerprint density at radius 2 is 2.21 bits per heavy atom. The van der Waals surface area contributed by atoms with E-state index in [-0.39, 0.29) is 0 Å². The first-order valence-electron chi connectivity index (χ1n) is 7.66. The van der Waals surface area contributed by atoms with E-state index in [4.69, 9.17) is 4.74 Å². The summed E-state index contributed by atoms with van der Waals surface area (Å²) in [5, 5.41) is 3.51. The molecule has 0 amide bonds. The van der Waals surface area contributed by atoms with Gasteiger partial charge in [-0.1, -0.05) is 31.2 Å². The topological polar surface area (TPSA) is 21.3 Å². The van der Waals surface area contributed by atoms with Crippen molar-refractivity contribution in [3.63, 3.8) is 0 Å². The van der Waals surface area contributed by atoms with E-state index in [2.05, 4.69) is 43.4 Å². The van der Waals surface area contributed by atoms with Crippen molar-refractivity contribution in [3.8, 4) is 0 Å². The minimum atomic E-state index is 0.493. The molecule has 2 atom stereocenters. The zero-order valence-electron chi connectivity index (χ0n) is 12.3. The lowest BCUT2D eigenvalue weighted by Gasteiger charge is -2.21. The number of ether oxygens (including phenoxy) is 1. The van der Waals surface area contributed by atoms with Crippen LogP contribution in [0.15, 0.2) is 24.3 Å². The van der Waals surface area contributed by atoms with Crippen LogP contribution >= 0.6 is 0 Å². The molecule has 19 heavy (non-hydrogen) atoms. The molecule has 2 unspecified atom stereocenters. The Hall–Kier alpha value is -0.860. The summed E-state index contributed by atoms with van der Waals surface area (Å²) in [4.78, 5) is 0. The van der Waals surface area contributed by atoms with E-state index in [9.17, 15) is 0 Å². The van der Waals surface area contributed by atoms with Gasteiger partial charge in [0.05, 0.1) is 6.10 Å². The maximum atomic E-state index is 5.80. The van der Waals surface area contributed by atoms with Gasteiger partial charge in [0.2, 0.25) is 0 Å². The SMILES string of the molecule is CCNCC(Cc1ccccc1C)CC1CCCO1. The molecule has 0 saturated carbocycles. The fourth-order valence-corrected chi connectivity index (χ4v) is 2.94. The molecule has 2 heteroatoms. The van der Waals surface area contributed by atoms with E-state index >= 15 is 0 Å². The minimum absolute atomic E-state index is 0.493. The number of benzene rings is 1. The number of hydrogen-bond donors (Lipinski definition) is 1. The highest BCUT2D eigenvalue weighted by Crippen LogP contribution is 2.23. The van der Waals surface area contributed by atoms with Crippen molar-refractivity contribution in [1.82, 2.24) is 5.32 Å². The quantitative estimate of drug-likeness (QED) is 0.813. The van der Waals surface area contributed by atoms with E-state index in [1.165, 1.54) is 36.8 Å². The fourth-order valence-electron chi connectivity index (χ4n) is 2.94. The van der Waals surface area contributed by atoms with Crippen LogP contribution in [0.4, 0.5) is 0 Å². The van der Waals surface area contributed by atoms with E-state index in [1.807, 2.05) is 0 Å². The zero-order chi connectivity index (χ0) is 13.5. The second kappa shape index (κ2) is 7.66. The number of hydrogen-bond acceptors (Lipinski definition) is 2. The van der Waals surface area contributed by atoms with Crippen molar-refractivity contribution in [2.24, 2.45) is 5.92 Å². The van der Waals surface area contributed by atoms with Gasteiger partial charge in [-0.25, -0.2) is 0 Å². The van der Waals surface area contributed by atoms with Crippen LogP contribution in [0, 0.1) is 12.8 Å². The van der Waals surface area contributed by atoms with E-state index in [1.54, 1.807) is 0 Å². The van der Waals surface area contributed by atoms with Crippen LogP contribution in [-0.2, 0) is 11.2 Å². The number of aryl methyl sites for hydroxylation is 1. The van der Waals surface area contributed by atoms with Crippen molar-refractivity contribution in [2.45, 2.75) is 45.6 Å². The summed E-state index contributed by atoms with van der Waals surface area (Å²) in [6.45, 7) is 7.51. The lowest BCUT2D eigenvalue weighted by atomic mass is 9.91. The Balaban J connectivity index is 1.94. The van der Waals surface area contributed by atoms with Crippen molar-refractivity contribution in [2.75, 3.05) is 19.7 Å². The molecule has 1 aliphatic rings. The maximum absolute atomic E-state index is 5.80. The number of rotatable bonds is 7. The van der Waals surface area contributed by atoms with E-state index in [0.717, 1.165) is 19.7 Å². The predicted octanol–water partition coefficient (Wildman–Crippen LogP) is 3.33. The highest BCUT2D eigenvalue weighted by Gasteiger charge is 2.21. The first kappa shape index (κ1) is 14.5. The summed E-state index contributed by atoms with van der Waals surface area (Å²) in [5.74, 6) is 0.684. The largest absolute Gasteiger partial charge is 0.378 e. The van der Waals surface area contributed by atoms with Crippen molar-refractivity contribution >= 4 is 0 Å². The van der Waals surface area contributed by atoms with Gasteiger partial charge in [-0.15, -0.1) is 0 Å². The summed E-state index contributed by atoms with van der Waals surface area (Å²) in [5.41, 5.74) is 2.90. The van der Waals surface area contributed by atoms with E-state index < -0.39 is 0 Å². The van der Waals surface area contributed by atoms with Crippen LogP contribution < -0.4 is 5.32 Å². The molecule has 1 aromatic carbocycles. The summed E-state index contributed by atoms with van der Waals surface area (Å²) in [6.07, 6.45) is 5.34. The molecule has 2 nitrogen and oxygen atoms in total. The molecule has 0 bridgehead atoms. The molecule has 1 saturated heterocycles. The molecular weight excluding hydrogens is 234 g/mol. The van der Waals surface area contributed by atoms with E-state index in [0.29, 0.717) is 12.0 Å². The van der Waals surface area contributed by atoms with Crippen molar-refractivity contribution < 1.29 is 4.74 Å². The monoisotopic (exact) mass is 261 g/mol. The van der Waals surface area contributed by atoms with Gasteiger partial charge >= 0.3 is 0 Å². The van der Waals surface area contributed by atoms with Gasteiger partial charge in [-0.2, -0.15) is 0 Å². The van der Waals surface area contributed by atoms with Crippen LogP contribution in [0.1, 0.15) is 37.3 Å². The molecule has 1 fully saturated rings. The molecule has 0 radical (unpaired) electrons.